The van der Waals surface area contributed by atoms with Gasteiger partial charge in [-0.25, -0.2) is 5.43 Å². The number of hydrazone groups is 1. The number of nitrogens with zero attached hydrogens (tertiary/aromatic N) is 4. The lowest BCUT2D eigenvalue weighted by Gasteiger charge is -2.12. The van der Waals surface area contributed by atoms with Crippen molar-refractivity contribution < 1.29 is 9.53 Å². The standard InChI is InChI=1S/C23H25IN6O2S/c1-4-13-30-21(15-25-19-9-7-18(24)8-10-19)27-29-23(30)33-16(2)22(31)28-26-14-17-5-11-20(32-3)12-6-17/h4-12,14,16,25H,1,13,15H2,2-3H3,(H,28,31)/t16-/m1/s1. The van der Waals surface area contributed by atoms with Crippen molar-refractivity contribution in [3.8, 4) is 5.75 Å². The van der Waals surface area contributed by atoms with E-state index in [9.17, 15) is 4.79 Å². The zero-order chi connectivity index (χ0) is 23.6. The molecular formula is C23H25IN6O2S. The lowest BCUT2D eigenvalue weighted by atomic mass is 10.2. The molecule has 1 amide bonds. The number of benzene rings is 2. The van der Waals surface area contributed by atoms with Gasteiger partial charge in [-0.1, -0.05) is 17.8 Å². The number of aromatic nitrogens is 3. The molecule has 0 aliphatic rings. The Kier molecular flexibility index (Phi) is 9.31. The number of anilines is 1. The van der Waals surface area contributed by atoms with E-state index in [1.807, 2.05) is 53.1 Å². The first-order valence-electron chi connectivity index (χ1n) is 10.2. The highest BCUT2D eigenvalue weighted by Gasteiger charge is 2.19. The number of ether oxygens (including phenoxy) is 1. The number of rotatable bonds is 11. The molecule has 1 heterocycles. The minimum Gasteiger partial charge on any atom is -0.497 e. The van der Waals surface area contributed by atoms with Crippen LogP contribution >= 0.6 is 34.4 Å². The second-order valence-corrected chi connectivity index (χ2v) is 9.48. The molecule has 0 aliphatic carbocycles. The number of carbonyl (C=O) groups is 1. The van der Waals surface area contributed by atoms with Crippen molar-refractivity contribution in [1.29, 1.82) is 0 Å². The predicted molar refractivity (Wildman–Crippen MR) is 141 cm³/mol. The van der Waals surface area contributed by atoms with Crippen LogP contribution in [0.25, 0.3) is 0 Å². The summed E-state index contributed by atoms with van der Waals surface area (Å²) in [7, 11) is 1.61. The zero-order valence-electron chi connectivity index (χ0n) is 18.4. The number of thioether (sulfide) groups is 1. The molecule has 0 spiro atoms. The average molecular weight is 576 g/mol. The third-order valence-corrected chi connectivity index (χ3v) is 6.36. The van der Waals surface area contributed by atoms with Gasteiger partial charge >= 0.3 is 0 Å². The normalized spacial score (nSPS) is 11.8. The molecule has 1 aromatic heterocycles. The first kappa shape index (κ1) is 24.8. The van der Waals surface area contributed by atoms with Crippen molar-refractivity contribution >= 4 is 52.2 Å². The van der Waals surface area contributed by atoms with Crippen LogP contribution in [-0.2, 0) is 17.9 Å². The van der Waals surface area contributed by atoms with E-state index in [1.54, 1.807) is 26.3 Å². The summed E-state index contributed by atoms with van der Waals surface area (Å²) in [5.74, 6) is 1.30. The lowest BCUT2D eigenvalue weighted by molar-refractivity contribution is -0.120. The lowest BCUT2D eigenvalue weighted by Crippen LogP contribution is -2.27. The Balaban J connectivity index is 1.58. The van der Waals surface area contributed by atoms with Crippen LogP contribution in [0.2, 0.25) is 0 Å². The second kappa shape index (κ2) is 12.4. The van der Waals surface area contributed by atoms with Crippen LogP contribution in [-0.4, -0.2) is 39.2 Å². The van der Waals surface area contributed by atoms with Crippen molar-refractivity contribution in [2.75, 3.05) is 12.4 Å². The van der Waals surface area contributed by atoms with Crippen LogP contribution in [0.4, 0.5) is 5.69 Å². The van der Waals surface area contributed by atoms with Crippen LogP contribution in [0, 0.1) is 3.57 Å². The van der Waals surface area contributed by atoms with Crippen molar-refractivity contribution in [3.63, 3.8) is 0 Å². The summed E-state index contributed by atoms with van der Waals surface area (Å²) in [5.41, 5.74) is 4.43. The van der Waals surface area contributed by atoms with Crippen LogP contribution in [0.3, 0.4) is 0 Å². The summed E-state index contributed by atoms with van der Waals surface area (Å²) in [6.45, 7) is 6.69. The molecule has 10 heteroatoms. The maximum atomic E-state index is 12.5. The third-order valence-electron chi connectivity index (χ3n) is 4.56. The smallest absolute Gasteiger partial charge is 0.253 e. The van der Waals surface area contributed by atoms with Gasteiger partial charge in [0.15, 0.2) is 11.0 Å². The summed E-state index contributed by atoms with van der Waals surface area (Å²) >= 11 is 3.60. The van der Waals surface area contributed by atoms with Crippen LogP contribution in [0.1, 0.15) is 18.3 Å². The quantitative estimate of drug-likeness (QED) is 0.116. The first-order valence-corrected chi connectivity index (χ1v) is 12.1. The molecule has 1 atom stereocenters. The van der Waals surface area contributed by atoms with Gasteiger partial charge < -0.3 is 14.6 Å². The molecular weight excluding hydrogens is 551 g/mol. The molecule has 0 fully saturated rings. The van der Waals surface area contributed by atoms with E-state index in [1.165, 1.54) is 15.3 Å². The van der Waals surface area contributed by atoms with E-state index in [2.05, 4.69) is 55.2 Å². The maximum absolute atomic E-state index is 12.5. The Morgan fingerprint density at radius 1 is 1.24 bits per heavy atom. The summed E-state index contributed by atoms with van der Waals surface area (Å²) < 4.78 is 8.25. The van der Waals surface area contributed by atoms with Gasteiger partial charge in [0.25, 0.3) is 5.91 Å². The molecule has 0 bridgehead atoms. The molecule has 2 N–H and O–H groups in total. The average Bonchev–Trinajstić information content (AvgIpc) is 3.20. The Bertz CT molecular complexity index is 1100. The molecule has 0 aliphatic heterocycles. The van der Waals surface area contributed by atoms with Gasteiger partial charge in [-0.2, -0.15) is 5.10 Å². The van der Waals surface area contributed by atoms with Gasteiger partial charge in [-0.3, -0.25) is 4.79 Å². The van der Waals surface area contributed by atoms with Gasteiger partial charge in [0.05, 0.1) is 25.1 Å². The highest BCUT2D eigenvalue weighted by Crippen LogP contribution is 2.23. The van der Waals surface area contributed by atoms with Gasteiger partial charge in [0.2, 0.25) is 0 Å². The van der Waals surface area contributed by atoms with Crippen molar-refractivity contribution in [3.05, 3.63) is 76.1 Å². The van der Waals surface area contributed by atoms with Gasteiger partial charge in [0, 0.05) is 15.8 Å². The number of carbonyl (C=O) groups excluding carboxylic acids is 1. The first-order chi connectivity index (χ1) is 16.0. The Morgan fingerprint density at radius 3 is 2.64 bits per heavy atom. The summed E-state index contributed by atoms with van der Waals surface area (Å²) in [6, 6.07) is 15.5. The van der Waals surface area contributed by atoms with E-state index in [4.69, 9.17) is 4.74 Å². The summed E-state index contributed by atoms with van der Waals surface area (Å²) in [5, 5.41) is 16.2. The number of nitrogens with one attached hydrogen (secondary N) is 2. The SMILES string of the molecule is C=CCn1c(CNc2ccc(I)cc2)nnc1S[C@H](C)C(=O)NN=Cc1ccc(OC)cc1. The molecule has 172 valence electrons. The van der Waals surface area contributed by atoms with Crippen LogP contribution in [0.5, 0.6) is 5.75 Å². The minimum atomic E-state index is -0.414. The summed E-state index contributed by atoms with van der Waals surface area (Å²) in [6.07, 6.45) is 3.37. The molecule has 33 heavy (non-hydrogen) atoms. The summed E-state index contributed by atoms with van der Waals surface area (Å²) in [4.78, 5) is 12.5. The van der Waals surface area contributed by atoms with Crippen LogP contribution < -0.4 is 15.5 Å². The molecule has 0 radical (unpaired) electrons. The van der Waals surface area contributed by atoms with Crippen molar-refractivity contribution in [2.45, 2.75) is 30.4 Å². The number of methoxy groups -OCH3 is 1. The largest absolute Gasteiger partial charge is 0.497 e. The minimum absolute atomic E-state index is 0.225. The molecule has 8 nitrogen and oxygen atoms in total. The monoisotopic (exact) mass is 576 g/mol. The highest BCUT2D eigenvalue weighted by atomic mass is 127. The Hall–Kier alpha value is -2.86. The molecule has 3 rings (SSSR count). The number of hydrogen-bond acceptors (Lipinski definition) is 7. The van der Waals surface area contributed by atoms with Gasteiger partial charge in [-0.05, 0) is 83.6 Å². The molecule has 0 unspecified atom stereocenters. The predicted octanol–water partition coefficient (Wildman–Crippen LogP) is 4.32. The van der Waals surface area contributed by atoms with Gasteiger partial charge in [0.1, 0.15) is 5.75 Å². The topological polar surface area (TPSA) is 93.4 Å². The van der Waals surface area contributed by atoms with Gasteiger partial charge in [-0.15, -0.1) is 16.8 Å². The van der Waals surface area contributed by atoms with Crippen LogP contribution in [0.15, 0.2) is 71.4 Å². The Labute approximate surface area is 211 Å². The maximum Gasteiger partial charge on any atom is 0.253 e. The molecule has 0 saturated carbocycles. The van der Waals surface area contributed by atoms with E-state index < -0.39 is 5.25 Å². The molecule has 0 saturated heterocycles. The van der Waals surface area contributed by atoms with Crippen molar-refractivity contribution in [2.24, 2.45) is 5.10 Å². The highest BCUT2D eigenvalue weighted by molar-refractivity contribution is 14.1. The molecule has 2 aromatic carbocycles. The number of halogens is 1. The van der Waals surface area contributed by atoms with E-state index in [0.717, 1.165) is 22.8 Å². The second-order valence-electron chi connectivity index (χ2n) is 6.93. The van der Waals surface area contributed by atoms with E-state index in [0.29, 0.717) is 18.2 Å². The molecule has 3 aromatic rings. The third kappa shape index (κ3) is 7.32. The fourth-order valence-electron chi connectivity index (χ4n) is 2.76. The van der Waals surface area contributed by atoms with E-state index in [-0.39, 0.29) is 5.91 Å². The fraction of sp³-hybridized carbons (Fsp3) is 0.217. The number of hydrogen-bond donors (Lipinski definition) is 2. The fourth-order valence-corrected chi connectivity index (χ4v) is 3.99. The zero-order valence-corrected chi connectivity index (χ0v) is 21.3. The van der Waals surface area contributed by atoms with Crippen molar-refractivity contribution in [1.82, 2.24) is 20.2 Å². The number of allylic oxidation sites excluding steroid dienone is 1. The number of amides is 1. The Morgan fingerprint density at radius 2 is 1.97 bits per heavy atom. The van der Waals surface area contributed by atoms with E-state index >= 15 is 0 Å².